The standard InChI is InChI=1S/C12H18F3N3/c1-3-7-18(4-2)11-9(8-16)5-6-10(17-11)12(13,14)15/h5-6H,3-4,7-8,16H2,1-2H3. The van der Waals surface area contributed by atoms with Gasteiger partial charge in [0, 0.05) is 25.2 Å². The molecule has 0 saturated carbocycles. The molecule has 0 amide bonds. The molecule has 102 valence electrons. The van der Waals surface area contributed by atoms with Gasteiger partial charge in [-0.15, -0.1) is 0 Å². The maximum absolute atomic E-state index is 12.6. The molecule has 0 fully saturated rings. The first-order chi connectivity index (χ1) is 8.43. The molecule has 1 aromatic heterocycles. The van der Waals surface area contributed by atoms with Crippen LogP contribution in [-0.4, -0.2) is 18.1 Å². The van der Waals surface area contributed by atoms with E-state index < -0.39 is 11.9 Å². The number of nitrogens with two attached hydrogens (primary N) is 1. The van der Waals surface area contributed by atoms with E-state index in [1.807, 2.05) is 18.7 Å². The highest BCUT2D eigenvalue weighted by Gasteiger charge is 2.33. The molecular weight excluding hydrogens is 243 g/mol. The van der Waals surface area contributed by atoms with Crippen molar-refractivity contribution in [3.8, 4) is 0 Å². The zero-order chi connectivity index (χ0) is 13.8. The van der Waals surface area contributed by atoms with Crippen LogP contribution in [0.15, 0.2) is 12.1 Å². The van der Waals surface area contributed by atoms with Gasteiger partial charge in [0.25, 0.3) is 0 Å². The summed E-state index contributed by atoms with van der Waals surface area (Å²) in [6.07, 6.45) is -3.58. The fourth-order valence-corrected chi connectivity index (χ4v) is 1.75. The Kier molecular flexibility index (Phi) is 4.95. The lowest BCUT2D eigenvalue weighted by Gasteiger charge is -2.24. The first-order valence-corrected chi connectivity index (χ1v) is 5.96. The molecule has 1 aromatic rings. The Morgan fingerprint density at radius 1 is 1.28 bits per heavy atom. The van der Waals surface area contributed by atoms with Crippen molar-refractivity contribution in [3.63, 3.8) is 0 Å². The molecule has 2 N–H and O–H groups in total. The number of hydrogen-bond acceptors (Lipinski definition) is 3. The van der Waals surface area contributed by atoms with Gasteiger partial charge < -0.3 is 10.6 Å². The van der Waals surface area contributed by atoms with Gasteiger partial charge in [-0.2, -0.15) is 13.2 Å². The second kappa shape index (κ2) is 6.04. The number of hydrogen-bond donors (Lipinski definition) is 1. The third-order valence-electron chi connectivity index (χ3n) is 2.64. The summed E-state index contributed by atoms with van der Waals surface area (Å²) >= 11 is 0. The minimum Gasteiger partial charge on any atom is -0.357 e. The highest BCUT2D eigenvalue weighted by Crippen LogP contribution is 2.30. The summed E-state index contributed by atoms with van der Waals surface area (Å²) in [5.41, 5.74) is 5.32. The zero-order valence-electron chi connectivity index (χ0n) is 10.6. The van der Waals surface area contributed by atoms with Crippen LogP contribution < -0.4 is 10.6 Å². The van der Waals surface area contributed by atoms with Crippen molar-refractivity contribution in [3.05, 3.63) is 23.4 Å². The average molecular weight is 261 g/mol. The molecule has 3 nitrogen and oxygen atoms in total. The molecule has 18 heavy (non-hydrogen) atoms. The van der Waals surface area contributed by atoms with Crippen LogP contribution >= 0.6 is 0 Å². The maximum Gasteiger partial charge on any atom is 0.433 e. The molecule has 6 heteroatoms. The van der Waals surface area contributed by atoms with Gasteiger partial charge in [0.15, 0.2) is 0 Å². The number of rotatable bonds is 5. The van der Waals surface area contributed by atoms with E-state index in [0.717, 1.165) is 12.5 Å². The van der Waals surface area contributed by atoms with Crippen LogP contribution in [0.1, 0.15) is 31.5 Å². The van der Waals surface area contributed by atoms with Gasteiger partial charge in [-0.3, -0.25) is 0 Å². The van der Waals surface area contributed by atoms with E-state index in [2.05, 4.69) is 4.98 Å². The molecule has 0 radical (unpaired) electrons. The topological polar surface area (TPSA) is 42.2 Å². The molecule has 1 heterocycles. The molecule has 0 aliphatic heterocycles. The molecule has 0 bridgehead atoms. The third kappa shape index (κ3) is 3.35. The van der Waals surface area contributed by atoms with Gasteiger partial charge in [0.05, 0.1) is 0 Å². The van der Waals surface area contributed by atoms with Gasteiger partial charge in [0.1, 0.15) is 11.5 Å². The SMILES string of the molecule is CCCN(CC)c1nc(C(F)(F)F)ccc1CN. The molecule has 0 unspecified atom stereocenters. The Bertz CT molecular complexity index is 391. The van der Waals surface area contributed by atoms with Crippen LogP contribution in [0.2, 0.25) is 0 Å². The second-order valence-electron chi connectivity index (χ2n) is 3.96. The molecular formula is C12H18F3N3. The Morgan fingerprint density at radius 2 is 1.94 bits per heavy atom. The molecule has 0 aromatic carbocycles. The van der Waals surface area contributed by atoms with Crippen molar-refractivity contribution in [2.45, 2.75) is 33.0 Å². The van der Waals surface area contributed by atoms with E-state index in [1.165, 1.54) is 6.07 Å². The summed E-state index contributed by atoms with van der Waals surface area (Å²) in [5.74, 6) is 0.344. The van der Waals surface area contributed by atoms with Crippen LogP contribution in [0, 0.1) is 0 Å². The van der Waals surface area contributed by atoms with Crippen molar-refractivity contribution in [1.82, 2.24) is 4.98 Å². The minimum atomic E-state index is -4.42. The summed E-state index contributed by atoms with van der Waals surface area (Å²) < 4.78 is 37.9. The zero-order valence-corrected chi connectivity index (χ0v) is 10.6. The molecule has 0 spiro atoms. The van der Waals surface area contributed by atoms with E-state index in [9.17, 15) is 13.2 Å². The molecule has 0 aliphatic carbocycles. The van der Waals surface area contributed by atoms with Crippen LogP contribution in [-0.2, 0) is 12.7 Å². The highest BCUT2D eigenvalue weighted by atomic mass is 19.4. The van der Waals surface area contributed by atoms with Gasteiger partial charge in [-0.25, -0.2) is 4.98 Å². The fourth-order valence-electron chi connectivity index (χ4n) is 1.75. The number of halogens is 3. The maximum atomic E-state index is 12.6. The average Bonchev–Trinajstić information content (AvgIpc) is 2.34. The van der Waals surface area contributed by atoms with Gasteiger partial charge in [0.2, 0.25) is 0 Å². The van der Waals surface area contributed by atoms with Crippen molar-refractivity contribution in [1.29, 1.82) is 0 Å². The van der Waals surface area contributed by atoms with Gasteiger partial charge in [-0.05, 0) is 19.4 Å². The van der Waals surface area contributed by atoms with Crippen LogP contribution in [0.4, 0.5) is 19.0 Å². The Labute approximate surface area is 105 Å². The van der Waals surface area contributed by atoms with Crippen LogP contribution in [0.3, 0.4) is 0 Å². The summed E-state index contributed by atoms with van der Waals surface area (Å²) in [4.78, 5) is 5.54. The summed E-state index contributed by atoms with van der Waals surface area (Å²) in [6, 6.07) is 2.38. The van der Waals surface area contributed by atoms with Crippen LogP contribution in [0.25, 0.3) is 0 Å². The minimum absolute atomic E-state index is 0.181. The van der Waals surface area contributed by atoms with Crippen molar-refractivity contribution in [2.24, 2.45) is 5.73 Å². The normalized spacial score (nSPS) is 11.7. The number of anilines is 1. The highest BCUT2D eigenvalue weighted by molar-refractivity contribution is 5.48. The summed E-state index contributed by atoms with van der Waals surface area (Å²) in [5, 5.41) is 0. The van der Waals surface area contributed by atoms with Gasteiger partial charge in [-0.1, -0.05) is 13.0 Å². The smallest absolute Gasteiger partial charge is 0.357 e. The molecule has 0 saturated heterocycles. The molecule has 0 aliphatic rings. The first kappa shape index (κ1) is 14.8. The van der Waals surface area contributed by atoms with Crippen molar-refractivity contribution >= 4 is 5.82 Å². The van der Waals surface area contributed by atoms with Crippen molar-refractivity contribution in [2.75, 3.05) is 18.0 Å². The Hall–Kier alpha value is -1.30. The second-order valence-corrected chi connectivity index (χ2v) is 3.96. The van der Waals surface area contributed by atoms with E-state index in [1.54, 1.807) is 0 Å². The van der Waals surface area contributed by atoms with Gasteiger partial charge >= 0.3 is 6.18 Å². The number of aromatic nitrogens is 1. The monoisotopic (exact) mass is 261 g/mol. The summed E-state index contributed by atoms with van der Waals surface area (Å²) in [7, 11) is 0. The summed E-state index contributed by atoms with van der Waals surface area (Å²) in [6.45, 7) is 5.31. The third-order valence-corrected chi connectivity index (χ3v) is 2.64. The van der Waals surface area contributed by atoms with Crippen molar-refractivity contribution < 1.29 is 13.2 Å². The van der Waals surface area contributed by atoms with E-state index in [-0.39, 0.29) is 6.54 Å². The van der Waals surface area contributed by atoms with Crippen LogP contribution in [0.5, 0.6) is 0 Å². The lowest BCUT2D eigenvalue weighted by molar-refractivity contribution is -0.141. The molecule has 1 rings (SSSR count). The first-order valence-electron chi connectivity index (χ1n) is 5.96. The van der Waals surface area contributed by atoms with E-state index >= 15 is 0 Å². The largest absolute Gasteiger partial charge is 0.433 e. The predicted octanol–water partition coefficient (Wildman–Crippen LogP) is 2.80. The Morgan fingerprint density at radius 3 is 2.39 bits per heavy atom. The number of nitrogens with zero attached hydrogens (tertiary/aromatic N) is 2. The lowest BCUT2D eigenvalue weighted by Crippen LogP contribution is -2.27. The lowest BCUT2D eigenvalue weighted by atomic mass is 10.2. The molecule has 0 atom stereocenters. The predicted molar refractivity (Wildman–Crippen MR) is 65.3 cm³/mol. The van der Waals surface area contributed by atoms with E-state index in [0.29, 0.717) is 24.5 Å². The fraction of sp³-hybridized carbons (Fsp3) is 0.583. The quantitative estimate of drug-likeness (QED) is 0.886. The Balaban J connectivity index is 3.20. The van der Waals surface area contributed by atoms with E-state index in [4.69, 9.17) is 5.73 Å². The number of pyridine rings is 1. The number of alkyl halides is 3.